The van der Waals surface area contributed by atoms with E-state index in [0.717, 1.165) is 49.5 Å². The van der Waals surface area contributed by atoms with Gasteiger partial charge in [-0.15, -0.1) is 10.2 Å². The quantitative estimate of drug-likeness (QED) is 0.632. The molecule has 2 aliphatic rings. The second-order valence-electron chi connectivity index (χ2n) is 7.57. The van der Waals surface area contributed by atoms with Crippen molar-refractivity contribution >= 4 is 34.5 Å². The third-order valence-electron chi connectivity index (χ3n) is 5.65. The minimum Gasteiger partial charge on any atom is -0.504 e. The van der Waals surface area contributed by atoms with E-state index >= 15 is 0 Å². The highest BCUT2D eigenvalue weighted by molar-refractivity contribution is 5.97. The third kappa shape index (κ3) is 3.73. The SMILES string of the molecule is COc1ccc2c(O)c(C=C3N=Nc4ccccc43)oc2c1/C=C\CN1CCNCC1. The number of ether oxygens (including phenoxy) is 1. The van der Waals surface area contributed by atoms with Crippen LogP contribution in [0.4, 0.5) is 5.69 Å². The molecule has 31 heavy (non-hydrogen) atoms. The molecule has 0 unspecified atom stereocenters. The molecule has 1 aromatic heterocycles. The molecule has 2 N–H and O–H groups in total. The van der Waals surface area contributed by atoms with Crippen molar-refractivity contribution in [2.45, 2.75) is 0 Å². The highest BCUT2D eigenvalue weighted by Gasteiger charge is 2.20. The van der Waals surface area contributed by atoms with Gasteiger partial charge in [-0.1, -0.05) is 30.4 Å². The number of hydrogen-bond acceptors (Lipinski definition) is 7. The number of benzene rings is 2. The highest BCUT2D eigenvalue weighted by Crippen LogP contribution is 2.42. The van der Waals surface area contributed by atoms with Gasteiger partial charge in [-0.2, -0.15) is 0 Å². The number of nitrogens with one attached hydrogen (secondary N) is 1. The van der Waals surface area contributed by atoms with Crippen LogP contribution < -0.4 is 10.1 Å². The molecule has 0 aliphatic carbocycles. The summed E-state index contributed by atoms with van der Waals surface area (Å²) in [5.41, 5.74) is 3.78. The van der Waals surface area contributed by atoms with Crippen LogP contribution in [0.2, 0.25) is 0 Å². The van der Waals surface area contributed by atoms with Crippen LogP contribution in [-0.2, 0) is 0 Å². The van der Waals surface area contributed by atoms with Gasteiger partial charge < -0.3 is 19.6 Å². The van der Waals surface area contributed by atoms with Crippen molar-refractivity contribution in [2.75, 3.05) is 39.8 Å². The van der Waals surface area contributed by atoms with E-state index in [-0.39, 0.29) is 5.75 Å². The Hall–Kier alpha value is -3.42. The number of nitrogens with zero attached hydrogens (tertiary/aromatic N) is 3. The second-order valence-corrected chi connectivity index (χ2v) is 7.57. The van der Waals surface area contributed by atoms with Gasteiger partial charge in [-0.3, -0.25) is 4.90 Å². The molecule has 7 heteroatoms. The molecule has 2 aliphatic heterocycles. The van der Waals surface area contributed by atoms with Crippen LogP contribution in [0, 0.1) is 0 Å². The van der Waals surface area contributed by atoms with E-state index in [2.05, 4.69) is 26.5 Å². The van der Waals surface area contributed by atoms with Crippen LogP contribution in [0.1, 0.15) is 16.9 Å². The minimum absolute atomic E-state index is 0.0847. The molecule has 0 atom stereocenters. The van der Waals surface area contributed by atoms with Crippen LogP contribution >= 0.6 is 0 Å². The molecule has 1 saturated heterocycles. The van der Waals surface area contributed by atoms with Crippen LogP contribution in [0.25, 0.3) is 28.8 Å². The molecule has 0 saturated carbocycles. The molecule has 2 aromatic carbocycles. The summed E-state index contributed by atoms with van der Waals surface area (Å²) in [7, 11) is 1.64. The molecule has 3 heterocycles. The minimum atomic E-state index is 0.0847. The fourth-order valence-corrected chi connectivity index (χ4v) is 3.99. The van der Waals surface area contributed by atoms with E-state index in [1.54, 1.807) is 13.2 Å². The van der Waals surface area contributed by atoms with Gasteiger partial charge in [0.05, 0.1) is 29.4 Å². The smallest absolute Gasteiger partial charge is 0.172 e. The number of aromatic hydroxyl groups is 1. The normalized spacial score (nSPS) is 17.8. The first-order valence-electron chi connectivity index (χ1n) is 10.4. The van der Waals surface area contributed by atoms with E-state index in [1.807, 2.05) is 42.5 Å². The first kappa shape index (κ1) is 19.5. The number of piperazine rings is 1. The molecule has 1 fully saturated rings. The Kier molecular flexibility index (Phi) is 5.28. The monoisotopic (exact) mass is 416 g/mol. The molecule has 5 rings (SSSR count). The summed E-state index contributed by atoms with van der Waals surface area (Å²) >= 11 is 0. The topological polar surface area (TPSA) is 82.6 Å². The molecule has 0 bridgehead atoms. The molecular formula is C24H24N4O3. The van der Waals surface area contributed by atoms with E-state index in [4.69, 9.17) is 9.15 Å². The van der Waals surface area contributed by atoms with Crippen LogP contribution in [-0.4, -0.2) is 49.8 Å². The van der Waals surface area contributed by atoms with Gasteiger partial charge in [-0.05, 0) is 18.2 Å². The maximum absolute atomic E-state index is 10.8. The fourth-order valence-electron chi connectivity index (χ4n) is 3.99. The van der Waals surface area contributed by atoms with Gasteiger partial charge in [0.15, 0.2) is 11.5 Å². The van der Waals surface area contributed by atoms with Crippen molar-refractivity contribution in [1.82, 2.24) is 10.2 Å². The van der Waals surface area contributed by atoms with E-state index < -0.39 is 0 Å². The Morgan fingerprint density at radius 1 is 1.16 bits per heavy atom. The molecule has 3 aromatic rings. The summed E-state index contributed by atoms with van der Waals surface area (Å²) in [4.78, 5) is 2.39. The molecular weight excluding hydrogens is 392 g/mol. The van der Waals surface area contributed by atoms with Gasteiger partial charge in [0, 0.05) is 44.4 Å². The van der Waals surface area contributed by atoms with Crippen LogP contribution in [0.3, 0.4) is 0 Å². The van der Waals surface area contributed by atoms with Crippen molar-refractivity contribution in [2.24, 2.45) is 10.2 Å². The van der Waals surface area contributed by atoms with Crippen molar-refractivity contribution in [1.29, 1.82) is 0 Å². The third-order valence-corrected chi connectivity index (χ3v) is 5.65. The van der Waals surface area contributed by atoms with Crippen molar-refractivity contribution in [3.63, 3.8) is 0 Å². The van der Waals surface area contributed by atoms with Gasteiger partial charge in [0.2, 0.25) is 0 Å². The standard InChI is InChI=1S/C24H24N4O3/c1-30-21-9-8-18-23(29)22(15-20-16-5-2-3-7-19(16)26-27-20)31-24(18)17(21)6-4-12-28-13-10-25-11-14-28/h2-9,15,25,29H,10-14H2,1H3/b6-4-,20-15?. The lowest BCUT2D eigenvalue weighted by Crippen LogP contribution is -2.43. The Bertz CT molecular complexity index is 1200. The van der Waals surface area contributed by atoms with Crippen molar-refractivity contribution < 1.29 is 14.3 Å². The van der Waals surface area contributed by atoms with Crippen LogP contribution in [0.15, 0.2) is 57.1 Å². The second kappa shape index (κ2) is 8.37. The summed E-state index contributed by atoms with van der Waals surface area (Å²) in [6.07, 6.45) is 5.85. The van der Waals surface area contributed by atoms with Crippen molar-refractivity contribution in [3.05, 3.63) is 59.4 Å². The Morgan fingerprint density at radius 2 is 2.00 bits per heavy atom. The number of hydrogen-bond donors (Lipinski definition) is 2. The predicted octanol–water partition coefficient (Wildman–Crippen LogP) is 4.66. The molecule has 158 valence electrons. The largest absolute Gasteiger partial charge is 0.504 e. The zero-order valence-corrected chi connectivity index (χ0v) is 17.3. The summed E-state index contributed by atoms with van der Waals surface area (Å²) < 4.78 is 11.7. The fraction of sp³-hybridized carbons (Fsp3) is 0.250. The summed E-state index contributed by atoms with van der Waals surface area (Å²) in [6, 6.07) is 11.4. The zero-order chi connectivity index (χ0) is 21.2. The van der Waals surface area contributed by atoms with Gasteiger partial charge in [0.25, 0.3) is 0 Å². The van der Waals surface area contributed by atoms with Gasteiger partial charge >= 0.3 is 0 Å². The lowest BCUT2D eigenvalue weighted by molar-refractivity contribution is 0.265. The average molecular weight is 416 g/mol. The van der Waals surface area contributed by atoms with E-state index in [0.29, 0.717) is 28.2 Å². The number of methoxy groups -OCH3 is 1. The number of azo groups is 1. The summed E-state index contributed by atoms with van der Waals surface area (Å²) in [6.45, 7) is 4.93. The van der Waals surface area contributed by atoms with Crippen LogP contribution in [0.5, 0.6) is 11.5 Å². The van der Waals surface area contributed by atoms with E-state index in [9.17, 15) is 5.11 Å². The molecule has 0 spiro atoms. The zero-order valence-electron chi connectivity index (χ0n) is 17.3. The summed E-state index contributed by atoms with van der Waals surface area (Å²) in [5, 5.41) is 23.2. The Balaban J connectivity index is 1.51. The predicted molar refractivity (Wildman–Crippen MR) is 122 cm³/mol. The lowest BCUT2D eigenvalue weighted by Gasteiger charge is -2.25. The van der Waals surface area contributed by atoms with E-state index in [1.165, 1.54) is 0 Å². The number of fused-ring (bicyclic) bond motifs is 2. The summed E-state index contributed by atoms with van der Waals surface area (Å²) in [5.74, 6) is 1.13. The molecule has 0 radical (unpaired) electrons. The maximum Gasteiger partial charge on any atom is 0.172 e. The maximum atomic E-state index is 10.8. The molecule has 7 nitrogen and oxygen atoms in total. The Labute approximate surface area is 180 Å². The highest BCUT2D eigenvalue weighted by atomic mass is 16.5. The average Bonchev–Trinajstić information content (AvgIpc) is 3.36. The first-order chi connectivity index (χ1) is 15.2. The number of furan rings is 1. The van der Waals surface area contributed by atoms with Gasteiger partial charge in [-0.25, -0.2) is 0 Å². The Morgan fingerprint density at radius 3 is 2.84 bits per heavy atom. The number of rotatable bonds is 5. The van der Waals surface area contributed by atoms with Gasteiger partial charge in [0.1, 0.15) is 11.3 Å². The van der Waals surface area contributed by atoms with Crippen molar-refractivity contribution in [3.8, 4) is 11.5 Å². The molecule has 0 amide bonds. The first-order valence-corrected chi connectivity index (χ1v) is 10.4. The lowest BCUT2D eigenvalue weighted by atomic mass is 10.1.